The second-order valence-electron chi connectivity index (χ2n) is 7.79. The lowest BCUT2D eigenvalue weighted by Gasteiger charge is -2.30. The van der Waals surface area contributed by atoms with Crippen molar-refractivity contribution in [2.75, 3.05) is 18.4 Å². The van der Waals surface area contributed by atoms with Crippen molar-refractivity contribution in [3.63, 3.8) is 0 Å². The first-order valence-electron chi connectivity index (χ1n) is 10.7. The van der Waals surface area contributed by atoms with E-state index in [1.54, 1.807) is 12.4 Å². The van der Waals surface area contributed by atoms with Gasteiger partial charge in [-0.3, -0.25) is 9.88 Å². The minimum absolute atomic E-state index is 0.140. The van der Waals surface area contributed by atoms with E-state index >= 15 is 0 Å². The quantitative estimate of drug-likeness (QED) is 0.627. The Labute approximate surface area is 178 Å². The van der Waals surface area contributed by atoms with Crippen molar-refractivity contribution in [3.8, 4) is 11.4 Å². The second-order valence-corrected chi connectivity index (χ2v) is 7.79. The fraction of sp³-hybridized carbons (Fsp3) is 0.375. The van der Waals surface area contributed by atoms with Crippen LogP contribution in [0.2, 0.25) is 0 Å². The van der Waals surface area contributed by atoms with Crippen LogP contribution in [0.5, 0.6) is 0 Å². The number of likely N-dealkylation sites (tertiary alicyclic amines) is 1. The van der Waals surface area contributed by atoms with Crippen molar-refractivity contribution in [2.45, 2.75) is 45.4 Å². The normalized spacial score (nSPS) is 15.3. The molecule has 0 atom stereocenters. The molecule has 6 heteroatoms. The molecule has 2 aromatic heterocycles. The standard InChI is InChI=1S/C24H29N5O/c1-2-21-15-23(28-24(27-21)18-7-11-25-12-8-18)26-16-19-5-3-4-6-20(19)17-29-13-9-22(30)10-14-29/h3-8,11-12,15,22,30H,2,9-10,13-14,16-17H2,1H3,(H,26,27,28). The Kier molecular flexibility index (Phi) is 6.67. The average Bonchev–Trinajstić information content (AvgIpc) is 2.80. The van der Waals surface area contributed by atoms with E-state index in [0.717, 1.165) is 61.8 Å². The first-order valence-corrected chi connectivity index (χ1v) is 10.7. The van der Waals surface area contributed by atoms with E-state index in [9.17, 15) is 5.11 Å². The lowest BCUT2D eigenvalue weighted by Crippen LogP contribution is -2.35. The molecule has 0 amide bonds. The highest BCUT2D eigenvalue weighted by Crippen LogP contribution is 2.20. The highest BCUT2D eigenvalue weighted by atomic mass is 16.3. The van der Waals surface area contributed by atoms with Gasteiger partial charge in [0.15, 0.2) is 5.82 Å². The topological polar surface area (TPSA) is 74.2 Å². The molecule has 0 bridgehead atoms. The summed E-state index contributed by atoms with van der Waals surface area (Å²) in [6.07, 6.45) is 5.96. The Morgan fingerprint density at radius 1 is 1.03 bits per heavy atom. The van der Waals surface area contributed by atoms with Crippen LogP contribution in [0.3, 0.4) is 0 Å². The number of hydrogen-bond acceptors (Lipinski definition) is 6. The molecule has 3 aromatic rings. The summed E-state index contributed by atoms with van der Waals surface area (Å²) in [7, 11) is 0. The average molecular weight is 404 g/mol. The van der Waals surface area contributed by atoms with E-state index in [1.165, 1.54) is 11.1 Å². The molecule has 1 aliphatic heterocycles. The Morgan fingerprint density at radius 2 is 1.77 bits per heavy atom. The van der Waals surface area contributed by atoms with Crippen molar-refractivity contribution >= 4 is 5.82 Å². The SMILES string of the molecule is CCc1cc(NCc2ccccc2CN2CCC(O)CC2)nc(-c2ccncc2)n1. The molecule has 6 nitrogen and oxygen atoms in total. The predicted octanol–water partition coefficient (Wildman–Crippen LogP) is 3.67. The molecule has 1 aliphatic rings. The number of piperidine rings is 1. The lowest BCUT2D eigenvalue weighted by molar-refractivity contribution is 0.0791. The molecule has 156 valence electrons. The maximum Gasteiger partial charge on any atom is 0.161 e. The molecule has 0 spiro atoms. The molecule has 0 unspecified atom stereocenters. The van der Waals surface area contributed by atoms with E-state index < -0.39 is 0 Å². The summed E-state index contributed by atoms with van der Waals surface area (Å²) in [4.78, 5) is 15.9. The Balaban J connectivity index is 1.48. The largest absolute Gasteiger partial charge is 0.393 e. The van der Waals surface area contributed by atoms with E-state index in [-0.39, 0.29) is 6.10 Å². The summed E-state index contributed by atoms with van der Waals surface area (Å²) in [5.41, 5.74) is 4.57. The predicted molar refractivity (Wildman–Crippen MR) is 119 cm³/mol. The third kappa shape index (κ3) is 5.20. The van der Waals surface area contributed by atoms with Crippen LogP contribution in [0.15, 0.2) is 54.9 Å². The van der Waals surface area contributed by atoms with Crippen LogP contribution in [-0.2, 0) is 19.5 Å². The minimum atomic E-state index is -0.140. The van der Waals surface area contributed by atoms with Gasteiger partial charge in [0.1, 0.15) is 5.82 Å². The molecule has 0 radical (unpaired) electrons. The molecule has 0 aliphatic carbocycles. The number of aromatic nitrogens is 3. The smallest absolute Gasteiger partial charge is 0.161 e. The van der Waals surface area contributed by atoms with Crippen molar-refractivity contribution in [2.24, 2.45) is 0 Å². The van der Waals surface area contributed by atoms with E-state index in [1.807, 2.05) is 18.2 Å². The molecule has 2 N–H and O–H groups in total. The van der Waals surface area contributed by atoms with Crippen LogP contribution in [0.4, 0.5) is 5.82 Å². The summed E-state index contributed by atoms with van der Waals surface area (Å²) in [5.74, 6) is 1.56. The Bertz CT molecular complexity index is 955. The van der Waals surface area contributed by atoms with Gasteiger partial charge in [0.2, 0.25) is 0 Å². The fourth-order valence-electron chi connectivity index (χ4n) is 3.79. The van der Waals surface area contributed by atoms with Crippen LogP contribution >= 0.6 is 0 Å². The molecule has 30 heavy (non-hydrogen) atoms. The van der Waals surface area contributed by atoms with Crippen molar-refractivity contribution in [1.82, 2.24) is 19.9 Å². The van der Waals surface area contributed by atoms with Crippen molar-refractivity contribution in [1.29, 1.82) is 0 Å². The van der Waals surface area contributed by atoms with Crippen LogP contribution in [0.25, 0.3) is 11.4 Å². The van der Waals surface area contributed by atoms with Crippen LogP contribution in [-0.4, -0.2) is 44.2 Å². The Morgan fingerprint density at radius 3 is 2.50 bits per heavy atom. The molecule has 3 heterocycles. The molecule has 4 rings (SSSR count). The van der Waals surface area contributed by atoms with Gasteiger partial charge in [0.05, 0.1) is 6.10 Å². The number of rotatable bonds is 7. The molecule has 0 saturated carbocycles. The molecule has 1 fully saturated rings. The van der Waals surface area contributed by atoms with Crippen molar-refractivity contribution in [3.05, 3.63) is 71.7 Å². The number of benzene rings is 1. The number of aliphatic hydroxyl groups is 1. The third-order valence-corrected chi connectivity index (χ3v) is 5.61. The van der Waals surface area contributed by atoms with Gasteiger partial charge in [0, 0.05) is 55.9 Å². The van der Waals surface area contributed by atoms with Gasteiger partial charge in [-0.1, -0.05) is 31.2 Å². The first kappa shape index (κ1) is 20.4. The number of aryl methyl sites for hydroxylation is 1. The zero-order valence-electron chi connectivity index (χ0n) is 17.5. The summed E-state index contributed by atoms with van der Waals surface area (Å²) in [6.45, 7) is 5.63. The summed E-state index contributed by atoms with van der Waals surface area (Å²) >= 11 is 0. The zero-order valence-corrected chi connectivity index (χ0v) is 17.5. The van der Waals surface area contributed by atoms with Gasteiger partial charge in [-0.2, -0.15) is 0 Å². The highest BCUT2D eigenvalue weighted by Gasteiger charge is 2.17. The van der Waals surface area contributed by atoms with Crippen LogP contribution in [0.1, 0.15) is 36.6 Å². The van der Waals surface area contributed by atoms with Gasteiger partial charge < -0.3 is 10.4 Å². The van der Waals surface area contributed by atoms with Gasteiger partial charge in [0.25, 0.3) is 0 Å². The maximum absolute atomic E-state index is 9.75. The summed E-state index contributed by atoms with van der Waals surface area (Å²) in [5, 5.41) is 13.3. The van der Waals surface area contributed by atoms with Crippen LogP contribution < -0.4 is 5.32 Å². The molecule has 1 aromatic carbocycles. The lowest BCUT2D eigenvalue weighted by atomic mass is 10.0. The number of pyridine rings is 1. The van der Waals surface area contributed by atoms with E-state index in [0.29, 0.717) is 6.54 Å². The monoisotopic (exact) mass is 403 g/mol. The van der Waals surface area contributed by atoms with Gasteiger partial charge in [-0.15, -0.1) is 0 Å². The second kappa shape index (κ2) is 9.78. The third-order valence-electron chi connectivity index (χ3n) is 5.61. The molecule has 1 saturated heterocycles. The number of aliphatic hydroxyl groups excluding tert-OH is 1. The molecular weight excluding hydrogens is 374 g/mol. The number of nitrogens with zero attached hydrogens (tertiary/aromatic N) is 4. The number of hydrogen-bond donors (Lipinski definition) is 2. The number of nitrogens with one attached hydrogen (secondary N) is 1. The summed E-state index contributed by atoms with van der Waals surface area (Å²) in [6, 6.07) is 14.4. The van der Waals surface area contributed by atoms with Gasteiger partial charge >= 0.3 is 0 Å². The minimum Gasteiger partial charge on any atom is -0.393 e. The Hall–Kier alpha value is -2.83. The van der Waals surface area contributed by atoms with Gasteiger partial charge in [-0.25, -0.2) is 9.97 Å². The van der Waals surface area contributed by atoms with Gasteiger partial charge in [-0.05, 0) is 42.5 Å². The molecular formula is C24H29N5O. The van der Waals surface area contributed by atoms with Crippen LogP contribution in [0, 0.1) is 0 Å². The first-order chi connectivity index (χ1) is 14.7. The maximum atomic E-state index is 9.75. The fourth-order valence-corrected chi connectivity index (χ4v) is 3.79. The van der Waals surface area contributed by atoms with E-state index in [2.05, 4.69) is 51.4 Å². The zero-order chi connectivity index (χ0) is 20.8. The number of anilines is 1. The summed E-state index contributed by atoms with van der Waals surface area (Å²) < 4.78 is 0. The van der Waals surface area contributed by atoms with E-state index in [4.69, 9.17) is 4.98 Å². The van der Waals surface area contributed by atoms with Crippen molar-refractivity contribution < 1.29 is 5.11 Å². The highest BCUT2D eigenvalue weighted by molar-refractivity contribution is 5.57.